The van der Waals surface area contributed by atoms with Crippen molar-refractivity contribution in [1.29, 1.82) is 0 Å². The van der Waals surface area contributed by atoms with Crippen molar-refractivity contribution in [2.24, 2.45) is 5.92 Å². The van der Waals surface area contributed by atoms with E-state index in [1.54, 1.807) is 0 Å². The zero-order valence-electron chi connectivity index (χ0n) is 11.0. The molecule has 1 saturated carbocycles. The SMILES string of the molecule is CC1CCC(CO)(NC(=O)c2cccnc2F)CC1. The lowest BCUT2D eigenvalue weighted by Gasteiger charge is -2.38. The topological polar surface area (TPSA) is 62.2 Å². The van der Waals surface area contributed by atoms with E-state index in [0.29, 0.717) is 5.92 Å². The van der Waals surface area contributed by atoms with Crippen molar-refractivity contribution in [3.8, 4) is 0 Å². The number of nitrogens with one attached hydrogen (secondary N) is 1. The molecule has 1 aromatic heterocycles. The Hall–Kier alpha value is -1.49. The van der Waals surface area contributed by atoms with Crippen LogP contribution in [0, 0.1) is 11.9 Å². The molecule has 0 radical (unpaired) electrons. The highest BCUT2D eigenvalue weighted by Crippen LogP contribution is 2.31. The summed E-state index contributed by atoms with van der Waals surface area (Å²) >= 11 is 0. The lowest BCUT2D eigenvalue weighted by molar-refractivity contribution is 0.0713. The van der Waals surface area contributed by atoms with Crippen molar-refractivity contribution in [3.63, 3.8) is 0 Å². The number of aliphatic hydroxyl groups is 1. The average molecular weight is 266 g/mol. The fourth-order valence-electron chi connectivity index (χ4n) is 2.50. The Morgan fingerprint density at radius 1 is 1.58 bits per heavy atom. The van der Waals surface area contributed by atoms with Crippen LogP contribution in [0.2, 0.25) is 0 Å². The van der Waals surface area contributed by atoms with Gasteiger partial charge in [-0.15, -0.1) is 0 Å². The van der Waals surface area contributed by atoms with E-state index in [-0.39, 0.29) is 12.2 Å². The molecule has 1 heterocycles. The molecule has 0 aromatic carbocycles. The predicted molar refractivity (Wildman–Crippen MR) is 69.1 cm³/mol. The molecule has 0 unspecified atom stereocenters. The van der Waals surface area contributed by atoms with Gasteiger partial charge in [-0.25, -0.2) is 4.98 Å². The molecule has 104 valence electrons. The van der Waals surface area contributed by atoms with E-state index in [0.717, 1.165) is 25.7 Å². The highest BCUT2D eigenvalue weighted by atomic mass is 19.1. The number of hydrogen-bond donors (Lipinski definition) is 2. The van der Waals surface area contributed by atoms with Crippen LogP contribution in [-0.2, 0) is 0 Å². The van der Waals surface area contributed by atoms with Gasteiger partial charge in [0.05, 0.1) is 17.7 Å². The van der Waals surface area contributed by atoms with E-state index >= 15 is 0 Å². The molecule has 2 rings (SSSR count). The van der Waals surface area contributed by atoms with Crippen LogP contribution in [0.3, 0.4) is 0 Å². The lowest BCUT2D eigenvalue weighted by Crippen LogP contribution is -2.53. The molecule has 4 nitrogen and oxygen atoms in total. The van der Waals surface area contributed by atoms with E-state index in [1.807, 2.05) is 0 Å². The van der Waals surface area contributed by atoms with Crippen molar-refractivity contribution in [2.75, 3.05) is 6.61 Å². The average Bonchev–Trinajstić information content (AvgIpc) is 2.42. The summed E-state index contributed by atoms with van der Waals surface area (Å²) in [5.74, 6) is -0.682. The largest absolute Gasteiger partial charge is 0.394 e. The first kappa shape index (κ1) is 13.9. The Kier molecular flexibility index (Phi) is 4.14. The summed E-state index contributed by atoms with van der Waals surface area (Å²) in [5.41, 5.74) is -0.694. The highest BCUT2D eigenvalue weighted by molar-refractivity contribution is 5.94. The second-order valence-corrected chi connectivity index (χ2v) is 5.42. The van der Waals surface area contributed by atoms with Gasteiger partial charge >= 0.3 is 0 Å². The summed E-state index contributed by atoms with van der Waals surface area (Å²) < 4.78 is 13.5. The van der Waals surface area contributed by atoms with Gasteiger partial charge in [0.2, 0.25) is 5.95 Å². The predicted octanol–water partition coefficient (Wildman–Crippen LogP) is 1.89. The Bertz CT molecular complexity index is 457. The maximum atomic E-state index is 13.5. The Morgan fingerprint density at radius 3 is 2.84 bits per heavy atom. The third kappa shape index (κ3) is 3.10. The van der Waals surface area contributed by atoms with E-state index in [9.17, 15) is 14.3 Å². The number of carbonyl (C=O) groups is 1. The number of amides is 1. The molecule has 0 atom stereocenters. The minimum atomic E-state index is -0.780. The van der Waals surface area contributed by atoms with Crippen LogP contribution in [0.15, 0.2) is 18.3 Å². The normalized spacial score (nSPS) is 27.0. The first-order valence-electron chi connectivity index (χ1n) is 6.60. The van der Waals surface area contributed by atoms with Crippen molar-refractivity contribution in [2.45, 2.75) is 38.1 Å². The maximum absolute atomic E-state index is 13.5. The summed E-state index contributed by atoms with van der Waals surface area (Å²) in [6.45, 7) is 2.04. The van der Waals surface area contributed by atoms with Crippen LogP contribution in [0.1, 0.15) is 43.0 Å². The van der Waals surface area contributed by atoms with Gasteiger partial charge < -0.3 is 10.4 Å². The van der Waals surface area contributed by atoms with Crippen molar-refractivity contribution >= 4 is 5.91 Å². The fraction of sp³-hybridized carbons (Fsp3) is 0.571. The van der Waals surface area contributed by atoms with Gasteiger partial charge in [-0.1, -0.05) is 6.92 Å². The first-order chi connectivity index (χ1) is 9.06. The summed E-state index contributed by atoms with van der Waals surface area (Å²) in [7, 11) is 0. The van der Waals surface area contributed by atoms with E-state index < -0.39 is 17.4 Å². The molecule has 5 heteroatoms. The minimum absolute atomic E-state index is 0.0750. The second kappa shape index (κ2) is 5.65. The summed E-state index contributed by atoms with van der Waals surface area (Å²) in [6, 6.07) is 2.92. The Morgan fingerprint density at radius 2 is 2.26 bits per heavy atom. The molecule has 0 saturated heterocycles. The van der Waals surface area contributed by atoms with Gasteiger partial charge in [0.1, 0.15) is 0 Å². The number of aliphatic hydroxyl groups excluding tert-OH is 1. The molecule has 0 spiro atoms. The maximum Gasteiger partial charge on any atom is 0.256 e. The third-order valence-corrected chi connectivity index (χ3v) is 3.92. The van der Waals surface area contributed by atoms with Gasteiger partial charge in [-0.3, -0.25) is 4.79 Å². The van der Waals surface area contributed by atoms with Crippen LogP contribution < -0.4 is 5.32 Å². The van der Waals surface area contributed by atoms with Gasteiger partial charge in [-0.2, -0.15) is 4.39 Å². The number of carbonyl (C=O) groups excluding carboxylic acids is 1. The first-order valence-corrected chi connectivity index (χ1v) is 6.60. The van der Waals surface area contributed by atoms with Gasteiger partial charge in [0.15, 0.2) is 0 Å². The standard InChI is InChI=1S/C14H19FN2O2/c1-10-4-6-14(9-18,7-5-10)17-13(19)11-3-2-8-16-12(11)15/h2-3,8,10,18H,4-7,9H2,1H3,(H,17,19). The van der Waals surface area contributed by atoms with E-state index in [4.69, 9.17) is 0 Å². The second-order valence-electron chi connectivity index (χ2n) is 5.42. The molecule has 1 aromatic rings. The molecule has 1 aliphatic rings. The smallest absolute Gasteiger partial charge is 0.256 e. The van der Waals surface area contributed by atoms with Crippen LogP contribution in [0.4, 0.5) is 4.39 Å². The summed E-state index contributed by atoms with van der Waals surface area (Å²) in [4.78, 5) is 15.5. The van der Waals surface area contributed by atoms with Crippen LogP contribution in [0.25, 0.3) is 0 Å². The Balaban J connectivity index is 2.11. The highest BCUT2D eigenvalue weighted by Gasteiger charge is 2.35. The zero-order valence-corrected chi connectivity index (χ0v) is 11.0. The monoisotopic (exact) mass is 266 g/mol. The zero-order chi connectivity index (χ0) is 13.9. The van der Waals surface area contributed by atoms with E-state index in [1.165, 1.54) is 18.3 Å². The molecular formula is C14H19FN2O2. The van der Waals surface area contributed by atoms with Crippen molar-refractivity contribution < 1.29 is 14.3 Å². The van der Waals surface area contributed by atoms with Gasteiger partial charge in [0.25, 0.3) is 5.91 Å². The number of rotatable bonds is 3. The Labute approximate surface area is 112 Å². The molecular weight excluding hydrogens is 247 g/mol. The van der Waals surface area contributed by atoms with Gasteiger partial charge in [-0.05, 0) is 43.7 Å². The number of nitrogens with zero attached hydrogens (tertiary/aromatic N) is 1. The fourth-order valence-corrected chi connectivity index (χ4v) is 2.50. The summed E-state index contributed by atoms with van der Waals surface area (Å²) in [5, 5.41) is 12.4. The van der Waals surface area contributed by atoms with Crippen LogP contribution in [-0.4, -0.2) is 28.1 Å². The number of aromatic nitrogens is 1. The molecule has 0 bridgehead atoms. The summed E-state index contributed by atoms with van der Waals surface area (Å²) in [6.07, 6.45) is 4.65. The molecule has 2 N–H and O–H groups in total. The van der Waals surface area contributed by atoms with Crippen molar-refractivity contribution in [1.82, 2.24) is 10.3 Å². The van der Waals surface area contributed by atoms with Crippen molar-refractivity contribution in [3.05, 3.63) is 29.8 Å². The van der Waals surface area contributed by atoms with Crippen LogP contribution >= 0.6 is 0 Å². The molecule has 1 amide bonds. The van der Waals surface area contributed by atoms with Crippen LogP contribution in [0.5, 0.6) is 0 Å². The molecule has 1 fully saturated rings. The minimum Gasteiger partial charge on any atom is -0.394 e. The van der Waals surface area contributed by atoms with Gasteiger partial charge in [0, 0.05) is 6.20 Å². The molecule has 19 heavy (non-hydrogen) atoms. The number of halogens is 1. The van der Waals surface area contributed by atoms with E-state index in [2.05, 4.69) is 17.2 Å². The number of hydrogen-bond acceptors (Lipinski definition) is 3. The quantitative estimate of drug-likeness (QED) is 0.821. The molecule has 0 aliphatic heterocycles. The molecule has 1 aliphatic carbocycles. The number of pyridine rings is 1. The lowest BCUT2D eigenvalue weighted by atomic mass is 9.77. The third-order valence-electron chi connectivity index (χ3n) is 3.92.